The van der Waals surface area contributed by atoms with Crippen molar-refractivity contribution in [3.63, 3.8) is 0 Å². The van der Waals surface area contributed by atoms with Crippen molar-refractivity contribution in [1.82, 2.24) is 9.95 Å². The highest BCUT2D eigenvalue weighted by atomic mass is 35.5. The number of nitrogens with zero attached hydrogens (tertiary/aromatic N) is 2. The molecule has 6 nitrogen and oxygen atoms in total. The molecule has 0 aliphatic carbocycles. The number of para-hydroxylation sites is 1. The zero-order chi connectivity index (χ0) is 13.9. The number of amides is 1. The van der Waals surface area contributed by atoms with Crippen molar-refractivity contribution < 1.29 is 9.72 Å². The Kier molecular flexibility index (Phi) is 6.21. The normalized spacial score (nSPS) is 10.8. The lowest BCUT2D eigenvalue weighted by Crippen LogP contribution is -2.46. The highest BCUT2D eigenvalue weighted by Crippen LogP contribution is 2.19. The predicted molar refractivity (Wildman–Crippen MR) is 75.3 cm³/mol. The molecule has 0 spiro atoms. The molecule has 0 radical (unpaired) electrons. The largest absolute Gasteiger partial charge is 0.282 e. The molecule has 1 rings (SSSR count). The Hall–Kier alpha value is -1.37. The molecule has 0 unspecified atom stereocenters. The van der Waals surface area contributed by atoms with Crippen LogP contribution in [0.1, 0.15) is 31.1 Å². The molecule has 0 saturated carbocycles. The van der Waals surface area contributed by atoms with Crippen LogP contribution in [0.15, 0.2) is 24.3 Å². The molecule has 0 heterocycles. The third-order valence-corrected chi connectivity index (χ3v) is 2.73. The van der Waals surface area contributed by atoms with Crippen molar-refractivity contribution in [2.24, 2.45) is 0 Å². The molecule has 19 heavy (non-hydrogen) atoms. The van der Waals surface area contributed by atoms with E-state index >= 15 is 0 Å². The Morgan fingerprint density at radius 2 is 1.89 bits per heavy atom. The summed E-state index contributed by atoms with van der Waals surface area (Å²) in [4.78, 5) is 22.1. The van der Waals surface area contributed by atoms with Crippen LogP contribution in [-0.2, 0) is 0 Å². The summed E-state index contributed by atoms with van der Waals surface area (Å²) < 4.78 is 1.09. The number of hydrogen-bond acceptors (Lipinski definition) is 4. The summed E-state index contributed by atoms with van der Waals surface area (Å²) >= 11 is 5.87. The summed E-state index contributed by atoms with van der Waals surface area (Å²) in [6.07, 6.45) is 0. The Balaban J connectivity index is 0.00000324. The van der Waals surface area contributed by atoms with Gasteiger partial charge >= 0.3 is 0 Å². The first kappa shape index (κ1) is 17.6. The average Bonchev–Trinajstić information content (AvgIpc) is 2.27. The Morgan fingerprint density at radius 1 is 1.37 bits per heavy atom. The summed E-state index contributed by atoms with van der Waals surface area (Å²) in [5.74, 6) is -0.618. The summed E-state index contributed by atoms with van der Waals surface area (Å²) in [7, 11) is 0. The number of hydrogen-bond donors (Lipinski definition) is 1. The molecule has 8 heteroatoms. The lowest BCUT2D eigenvalue weighted by atomic mass is 10.1. The van der Waals surface area contributed by atoms with E-state index < -0.39 is 16.4 Å². The van der Waals surface area contributed by atoms with Gasteiger partial charge in [0.15, 0.2) is 0 Å². The number of nitrogens with one attached hydrogen (secondary N) is 1. The van der Waals surface area contributed by atoms with Crippen LogP contribution in [0.5, 0.6) is 0 Å². The number of carbonyl (C=O) groups excluding carboxylic acids is 1. The molecule has 0 aromatic heterocycles. The van der Waals surface area contributed by atoms with E-state index in [0.717, 1.165) is 4.53 Å². The van der Waals surface area contributed by atoms with Gasteiger partial charge in [-0.2, -0.15) is 0 Å². The van der Waals surface area contributed by atoms with E-state index in [1.54, 1.807) is 26.8 Å². The standard InChI is InChI=1S/C11H14ClN3O3.ClH/c1-11(2,3)15(12)13-10(16)8-6-4-5-7-9(8)14(17)18;/h4-7H,1-3H3,(H,13,16);1H. The fourth-order valence-electron chi connectivity index (χ4n) is 1.14. The zero-order valence-corrected chi connectivity index (χ0v) is 12.3. The van der Waals surface area contributed by atoms with Gasteiger partial charge in [0, 0.05) is 23.4 Å². The second-order valence-corrected chi connectivity index (χ2v) is 5.00. The number of hydrazine groups is 1. The molecule has 0 atom stereocenters. The number of halogens is 2. The number of carbonyl (C=O) groups is 1. The third kappa shape index (κ3) is 4.66. The lowest BCUT2D eigenvalue weighted by molar-refractivity contribution is -0.385. The zero-order valence-electron chi connectivity index (χ0n) is 10.7. The summed E-state index contributed by atoms with van der Waals surface area (Å²) in [5, 5.41) is 10.8. The first-order valence-electron chi connectivity index (χ1n) is 5.24. The van der Waals surface area contributed by atoms with Gasteiger partial charge in [-0.3, -0.25) is 20.3 Å². The molecule has 1 N–H and O–H groups in total. The molecule has 0 aliphatic rings. The van der Waals surface area contributed by atoms with Crippen molar-refractivity contribution in [3.05, 3.63) is 39.9 Å². The fraction of sp³-hybridized carbons (Fsp3) is 0.364. The fourth-order valence-corrected chi connectivity index (χ4v) is 1.22. The Bertz CT molecular complexity index is 474. The Labute approximate surface area is 122 Å². The van der Waals surface area contributed by atoms with Gasteiger partial charge in [-0.25, -0.2) is 0 Å². The van der Waals surface area contributed by atoms with Crippen LogP contribution in [0.2, 0.25) is 0 Å². The van der Waals surface area contributed by atoms with Gasteiger partial charge in [0.05, 0.1) is 4.92 Å². The van der Waals surface area contributed by atoms with Crippen molar-refractivity contribution in [3.8, 4) is 0 Å². The van der Waals surface area contributed by atoms with E-state index in [1.807, 2.05) is 0 Å². The second kappa shape index (κ2) is 6.70. The third-order valence-electron chi connectivity index (χ3n) is 2.13. The number of benzene rings is 1. The van der Waals surface area contributed by atoms with E-state index in [2.05, 4.69) is 5.43 Å². The van der Waals surface area contributed by atoms with Gasteiger partial charge in [0.25, 0.3) is 11.6 Å². The minimum Gasteiger partial charge on any atom is -0.270 e. The van der Waals surface area contributed by atoms with Crippen LogP contribution < -0.4 is 5.43 Å². The molecule has 106 valence electrons. The molecular weight excluding hydrogens is 293 g/mol. The minimum atomic E-state index is -0.618. The topological polar surface area (TPSA) is 75.5 Å². The van der Waals surface area contributed by atoms with Gasteiger partial charge in [-0.15, -0.1) is 16.9 Å². The van der Waals surface area contributed by atoms with Crippen molar-refractivity contribution in [2.75, 3.05) is 0 Å². The van der Waals surface area contributed by atoms with Crippen LogP contribution in [0, 0.1) is 10.1 Å². The molecular formula is C11H15Cl2N3O3. The van der Waals surface area contributed by atoms with E-state index in [-0.39, 0.29) is 23.7 Å². The van der Waals surface area contributed by atoms with Gasteiger partial charge in [0.2, 0.25) is 0 Å². The maximum Gasteiger partial charge on any atom is 0.282 e. The Morgan fingerprint density at radius 3 is 2.37 bits per heavy atom. The molecule has 1 aromatic rings. The second-order valence-electron chi connectivity index (χ2n) is 4.67. The maximum atomic E-state index is 11.9. The van der Waals surface area contributed by atoms with Gasteiger partial charge in [-0.1, -0.05) is 12.1 Å². The highest BCUT2D eigenvalue weighted by molar-refractivity contribution is 6.15. The summed E-state index contributed by atoms with van der Waals surface area (Å²) in [5.41, 5.74) is 1.60. The predicted octanol–water partition coefficient (Wildman–Crippen LogP) is 2.92. The molecule has 0 bridgehead atoms. The monoisotopic (exact) mass is 307 g/mol. The van der Waals surface area contributed by atoms with Crippen LogP contribution >= 0.6 is 24.2 Å². The van der Waals surface area contributed by atoms with Crippen LogP contribution in [0.3, 0.4) is 0 Å². The average molecular weight is 308 g/mol. The number of rotatable bonds is 3. The van der Waals surface area contributed by atoms with Crippen LogP contribution in [0.25, 0.3) is 0 Å². The summed E-state index contributed by atoms with van der Waals surface area (Å²) in [6, 6.07) is 5.69. The van der Waals surface area contributed by atoms with Gasteiger partial charge in [0.1, 0.15) is 5.56 Å². The smallest absolute Gasteiger partial charge is 0.270 e. The maximum absolute atomic E-state index is 11.9. The lowest BCUT2D eigenvalue weighted by Gasteiger charge is -2.28. The van der Waals surface area contributed by atoms with Gasteiger partial charge in [-0.05, 0) is 26.8 Å². The molecule has 0 aliphatic heterocycles. The SMILES string of the molecule is CC(C)(C)N(Cl)NC(=O)c1ccccc1[N+](=O)[O-].Cl. The van der Waals surface area contributed by atoms with Crippen molar-refractivity contribution in [2.45, 2.75) is 26.3 Å². The first-order chi connectivity index (χ1) is 8.23. The number of nitro groups is 1. The van der Waals surface area contributed by atoms with Crippen LogP contribution in [0.4, 0.5) is 5.69 Å². The van der Waals surface area contributed by atoms with E-state index in [0.29, 0.717) is 0 Å². The van der Waals surface area contributed by atoms with Crippen molar-refractivity contribution >= 4 is 35.8 Å². The van der Waals surface area contributed by atoms with E-state index in [4.69, 9.17) is 11.8 Å². The molecule has 0 fully saturated rings. The van der Waals surface area contributed by atoms with E-state index in [1.165, 1.54) is 18.2 Å². The highest BCUT2D eigenvalue weighted by Gasteiger charge is 2.25. The molecule has 1 aromatic carbocycles. The molecule has 1 amide bonds. The minimum absolute atomic E-state index is 0. The van der Waals surface area contributed by atoms with Crippen LogP contribution in [-0.4, -0.2) is 20.9 Å². The van der Waals surface area contributed by atoms with E-state index in [9.17, 15) is 14.9 Å². The quantitative estimate of drug-likeness (QED) is 0.529. The van der Waals surface area contributed by atoms with Gasteiger partial charge < -0.3 is 0 Å². The molecule has 0 saturated heterocycles. The van der Waals surface area contributed by atoms with Crippen molar-refractivity contribution in [1.29, 1.82) is 0 Å². The summed E-state index contributed by atoms with van der Waals surface area (Å²) in [6.45, 7) is 5.37. The number of nitro benzene ring substituents is 1. The first-order valence-corrected chi connectivity index (χ1v) is 5.57.